The molecule has 0 aromatic heterocycles. The second kappa shape index (κ2) is 9.83. The predicted octanol–water partition coefficient (Wildman–Crippen LogP) is 3.37. The maximum atomic E-state index is 12.8. The molecule has 1 aliphatic heterocycles. The highest BCUT2D eigenvalue weighted by Gasteiger charge is 2.30. The second-order valence-electron chi connectivity index (χ2n) is 8.54. The summed E-state index contributed by atoms with van der Waals surface area (Å²) in [5.74, 6) is -0.326. The van der Waals surface area contributed by atoms with Gasteiger partial charge in [0.25, 0.3) is 0 Å². The Morgan fingerprint density at radius 1 is 1.06 bits per heavy atom. The minimum absolute atomic E-state index is 0.326. The normalized spacial score (nSPS) is 15.6. The molecule has 2 aromatic carbocycles. The summed E-state index contributed by atoms with van der Waals surface area (Å²) < 4.78 is 26.3. The molecule has 0 unspecified atom stereocenters. The number of carbonyl (C=O) groups excluding carboxylic acids is 1. The molecule has 1 aliphatic rings. The van der Waals surface area contributed by atoms with E-state index >= 15 is 0 Å². The number of nitrogens with one attached hydrogen (secondary N) is 1. The van der Waals surface area contributed by atoms with E-state index in [1.807, 2.05) is 38.1 Å². The van der Waals surface area contributed by atoms with Crippen molar-refractivity contribution >= 4 is 21.6 Å². The molecular formula is C24H33N3O3S. The van der Waals surface area contributed by atoms with Crippen molar-refractivity contribution < 1.29 is 13.2 Å². The van der Waals surface area contributed by atoms with Gasteiger partial charge in [-0.1, -0.05) is 36.4 Å². The summed E-state index contributed by atoms with van der Waals surface area (Å²) in [7, 11) is -3.63. The number of hydrogen-bond acceptors (Lipinski definition) is 4. The summed E-state index contributed by atoms with van der Waals surface area (Å²) in [4.78, 5) is 15.3. The zero-order valence-corrected chi connectivity index (χ0v) is 19.7. The Kier molecular flexibility index (Phi) is 7.38. The second-order valence-corrected chi connectivity index (χ2v) is 10.4. The van der Waals surface area contributed by atoms with Gasteiger partial charge in [-0.25, -0.2) is 8.42 Å². The molecule has 1 saturated heterocycles. The molecule has 168 valence electrons. The van der Waals surface area contributed by atoms with E-state index in [2.05, 4.69) is 22.3 Å². The number of amides is 1. The summed E-state index contributed by atoms with van der Waals surface area (Å²) in [6.07, 6.45) is 3.68. The molecule has 0 aliphatic carbocycles. The third kappa shape index (κ3) is 6.08. The average molecular weight is 444 g/mol. The summed E-state index contributed by atoms with van der Waals surface area (Å²) >= 11 is 0. The predicted molar refractivity (Wildman–Crippen MR) is 126 cm³/mol. The SMILES string of the molecule is Cc1ccc(C)c(N([C@@H](C)C(=O)NCc2ccc(CN3CCCC3)cc2)S(C)(=O)=O)c1. The number of hydrogen-bond donors (Lipinski definition) is 1. The van der Waals surface area contributed by atoms with Crippen molar-refractivity contribution in [1.82, 2.24) is 10.2 Å². The first-order chi connectivity index (χ1) is 14.6. The van der Waals surface area contributed by atoms with E-state index in [1.54, 1.807) is 13.0 Å². The van der Waals surface area contributed by atoms with Crippen molar-refractivity contribution in [3.05, 3.63) is 64.7 Å². The number of aryl methyl sites for hydroxylation is 2. The summed E-state index contributed by atoms with van der Waals surface area (Å²) in [6.45, 7) is 9.01. The first-order valence-electron chi connectivity index (χ1n) is 10.8. The molecule has 1 N–H and O–H groups in total. The lowest BCUT2D eigenvalue weighted by Gasteiger charge is -2.29. The Labute approximate surface area is 186 Å². The van der Waals surface area contributed by atoms with Crippen molar-refractivity contribution in [2.75, 3.05) is 23.7 Å². The first kappa shape index (κ1) is 23.3. The highest BCUT2D eigenvalue weighted by Crippen LogP contribution is 2.26. The van der Waals surface area contributed by atoms with Gasteiger partial charge in [-0.2, -0.15) is 0 Å². The number of sulfonamides is 1. The summed E-state index contributed by atoms with van der Waals surface area (Å²) in [6, 6.07) is 13.0. The Morgan fingerprint density at radius 2 is 1.68 bits per heavy atom. The zero-order chi connectivity index (χ0) is 22.6. The van der Waals surface area contributed by atoms with Crippen LogP contribution in [0.3, 0.4) is 0 Å². The summed E-state index contributed by atoms with van der Waals surface area (Å²) in [5, 5.41) is 2.89. The largest absolute Gasteiger partial charge is 0.350 e. The van der Waals surface area contributed by atoms with Gasteiger partial charge in [0.05, 0.1) is 11.9 Å². The molecule has 1 amide bonds. The number of carbonyl (C=O) groups is 1. The number of likely N-dealkylation sites (tertiary alicyclic amines) is 1. The fourth-order valence-electron chi connectivity index (χ4n) is 4.04. The van der Waals surface area contributed by atoms with Crippen LogP contribution < -0.4 is 9.62 Å². The van der Waals surface area contributed by atoms with Gasteiger partial charge in [-0.05, 0) is 75.0 Å². The van der Waals surface area contributed by atoms with E-state index in [0.29, 0.717) is 12.2 Å². The standard InChI is InChI=1S/C24H33N3O3S/c1-18-7-8-19(2)23(15-18)27(31(4,29)30)20(3)24(28)25-16-21-9-11-22(12-10-21)17-26-13-5-6-14-26/h7-12,15,20H,5-6,13-14,16-17H2,1-4H3,(H,25,28)/t20-/m0/s1. The Morgan fingerprint density at radius 3 is 2.29 bits per heavy atom. The molecule has 2 aromatic rings. The van der Waals surface area contributed by atoms with Crippen LogP contribution in [0.1, 0.15) is 42.0 Å². The van der Waals surface area contributed by atoms with Gasteiger partial charge in [0.2, 0.25) is 15.9 Å². The van der Waals surface area contributed by atoms with Gasteiger partial charge in [0, 0.05) is 13.1 Å². The highest BCUT2D eigenvalue weighted by molar-refractivity contribution is 7.92. The topological polar surface area (TPSA) is 69.7 Å². The zero-order valence-electron chi connectivity index (χ0n) is 18.9. The number of rotatable bonds is 8. The van der Waals surface area contributed by atoms with Crippen LogP contribution in [0.5, 0.6) is 0 Å². The third-order valence-corrected chi connectivity index (χ3v) is 7.01. The molecule has 7 heteroatoms. The molecule has 3 rings (SSSR count). The van der Waals surface area contributed by atoms with Gasteiger partial charge < -0.3 is 5.32 Å². The molecule has 1 heterocycles. The van der Waals surface area contributed by atoms with Crippen molar-refractivity contribution in [1.29, 1.82) is 0 Å². The number of nitrogens with zero attached hydrogens (tertiary/aromatic N) is 2. The van der Waals surface area contributed by atoms with Crippen molar-refractivity contribution in [2.24, 2.45) is 0 Å². The van der Waals surface area contributed by atoms with Gasteiger partial charge in [0.1, 0.15) is 6.04 Å². The van der Waals surface area contributed by atoms with Crippen LogP contribution in [-0.4, -0.2) is 44.6 Å². The first-order valence-corrected chi connectivity index (χ1v) is 12.6. The maximum absolute atomic E-state index is 12.8. The van der Waals surface area contributed by atoms with Crippen molar-refractivity contribution in [2.45, 2.75) is 52.7 Å². The lowest BCUT2D eigenvalue weighted by atomic mass is 10.1. The molecule has 1 atom stereocenters. The van der Waals surface area contributed by atoms with E-state index in [1.165, 1.54) is 22.7 Å². The molecule has 31 heavy (non-hydrogen) atoms. The van der Waals surface area contributed by atoms with E-state index in [0.717, 1.165) is 42.6 Å². The minimum Gasteiger partial charge on any atom is -0.350 e. The molecule has 1 fully saturated rings. The van der Waals surface area contributed by atoms with Crippen LogP contribution in [0.15, 0.2) is 42.5 Å². The molecule has 0 saturated carbocycles. The van der Waals surface area contributed by atoms with Crippen molar-refractivity contribution in [3.8, 4) is 0 Å². The quantitative estimate of drug-likeness (QED) is 0.679. The maximum Gasteiger partial charge on any atom is 0.243 e. The van der Waals surface area contributed by atoms with Gasteiger partial charge >= 0.3 is 0 Å². The smallest absolute Gasteiger partial charge is 0.243 e. The van der Waals surface area contributed by atoms with Crippen LogP contribution >= 0.6 is 0 Å². The third-order valence-electron chi connectivity index (χ3n) is 5.79. The lowest BCUT2D eigenvalue weighted by molar-refractivity contribution is -0.122. The van der Waals surface area contributed by atoms with Crippen LogP contribution in [0.25, 0.3) is 0 Å². The van der Waals surface area contributed by atoms with E-state index in [9.17, 15) is 13.2 Å². The molecule has 0 spiro atoms. The van der Waals surface area contributed by atoms with Gasteiger partial charge in [0.15, 0.2) is 0 Å². The molecular weight excluding hydrogens is 410 g/mol. The molecule has 0 bridgehead atoms. The van der Waals surface area contributed by atoms with Crippen LogP contribution in [0.4, 0.5) is 5.69 Å². The molecule has 0 radical (unpaired) electrons. The van der Waals surface area contributed by atoms with E-state index in [4.69, 9.17) is 0 Å². The van der Waals surface area contributed by atoms with E-state index < -0.39 is 16.1 Å². The number of anilines is 1. The Balaban J connectivity index is 1.66. The monoisotopic (exact) mass is 443 g/mol. The van der Waals surface area contributed by atoms with Gasteiger partial charge in [-0.15, -0.1) is 0 Å². The number of benzene rings is 2. The summed E-state index contributed by atoms with van der Waals surface area (Å²) in [5.41, 5.74) is 4.54. The van der Waals surface area contributed by atoms with Gasteiger partial charge in [-0.3, -0.25) is 14.0 Å². The Hall–Kier alpha value is -2.38. The van der Waals surface area contributed by atoms with Crippen LogP contribution in [0, 0.1) is 13.8 Å². The van der Waals surface area contributed by atoms with Crippen molar-refractivity contribution in [3.63, 3.8) is 0 Å². The fourth-order valence-corrected chi connectivity index (χ4v) is 5.26. The molecule has 6 nitrogen and oxygen atoms in total. The minimum atomic E-state index is -3.63. The van der Waals surface area contributed by atoms with Crippen LogP contribution in [0.2, 0.25) is 0 Å². The average Bonchev–Trinajstić information content (AvgIpc) is 3.22. The van der Waals surface area contributed by atoms with Crippen LogP contribution in [-0.2, 0) is 27.9 Å². The highest BCUT2D eigenvalue weighted by atomic mass is 32.2. The Bertz CT molecular complexity index is 1010. The fraction of sp³-hybridized carbons (Fsp3) is 0.458. The van der Waals surface area contributed by atoms with E-state index in [-0.39, 0.29) is 5.91 Å². The lowest BCUT2D eigenvalue weighted by Crippen LogP contribution is -2.48.